The first-order valence-corrected chi connectivity index (χ1v) is 13.8. The van der Waals surface area contributed by atoms with Crippen LogP contribution in [0.1, 0.15) is 0 Å². The van der Waals surface area contributed by atoms with Crippen molar-refractivity contribution in [2.75, 3.05) is 32.7 Å². The van der Waals surface area contributed by atoms with Crippen LogP contribution in [0, 0.1) is 6.19 Å². The minimum atomic E-state index is -2.94. The molecule has 22 heavy (non-hydrogen) atoms. The van der Waals surface area contributed by atoms with E-state index < -0.39 is 9.39 Å². The Kier molecular flexibility index (Phi) is 9.64. The fraction of sp³-hybridized carbons (Fsp3) is 0.357. The van der Waals surface area contributed by atoms with Crippen molar-refractivity contribution < 1.29 is 0 Å². The summed E-state index contributed by atoms with van der Waals surface area (Å²) >= 11 is 0. The molecular weight excluding hydrogens is 379 g/mol. The van der Waals surface area contributed by atoms with Gasteiger partial charge >= 0.3 is 15.6 Å². The summed E-state index contributed by atoms with van der Waals surface area (Å²) in [5, 5.41) is 0. The maximum Gasteiger partial charge on any atom is 0.564 e. The molecule has 1 heterocycles. The van der Waals surface area contributed by atoms with Crippen LogP contribution in [-0.4, -0.2) is 51.9 Å². The monoisotopic (exact) mass is 395 g/mol. The lowest BCUT2D eigenvalue weighted by Crippen LogP contribution is -2.44. The Hall–Kier alpha value is -0.0975. The number of nitrogens with zero attached hydrogens (tertiary/aromatic N) is 3. The summed E-state index contributed by atoms with van der Waals surface area (Å²) in [5.41, 5.74) is 0.959. The highest BCUT2D eigenvalue weighted by Gasteiger charge is 2.19. The predicted molar refractivity (Wildman–Crippen MR) is 101 cm³/mol. The van der Waals surface area contributed by atoms with Gasteiger partial charge in [0.2, 0.25) is 5.69 Å². The molecule has 0 bridgehead atoms. The normalized spacial score (nSPS) is 15.2. The lowest BCUT2D eigenvalue weighted by atomic mass is 10.3. The van der Waals surface area contributed by atoms with Gasteiger partial charge < -0.3 is 40.2 Å². The molecule has 1 aromatic rings. The molecule has 1 aliphatic rings. The van der Waals surface area contributed by atoms with Crippen LogP contribution in [0.3, 0.4) is 0 Å². The first kappa shape index (κ1) is 19.9. The van der Waals surface area contributed by atoms with Gasteiger partial charge in [-0.15, -0.1) is 6.58 Å². The Morgan fingerprint density at radius 1 is 1.09 bits per heavy atom. The molecule has 0 saturated carbocycles. The van der Waals surface area contributed by atoms with Crippen LogP contribution in [0.5, 0.6) is 0 Å². The van der Waals surface area contributed by atoms with Gasteiger partial charge in [0.15, 0.2) is 0 Å². The standard InChI is InChI=1S/C14H18N3.Al.4ClH/c1-2-8-16-9-11-17(12-10-16)13-15-14-6-4-3-5-7-14;;;;;/h2-7H,1,8-12H2;;4*1H/q+1;+3;;;;/p-4. The molecule has 1 saturated heterocycles. The lowest BCUT2D eigenvalue weighted by Gasteiger charge is -2.26. The van der Waals surface area contributed by atoms with E-state index in [1.807, 2.05) is 36.4 Å². The lowest BCUT2D eigenvalue weighted by molar-refractivity contribution is 0.190. The van der Waals surface area contributed by atoms with Crippen LogP contribution in [-0.2, 0) is 0 Å². The van der Waals surface area contributed by atoms with E-state index in [1.54, 1.807) is 0 Å². The van der Waals surface area contributed by atoms with E-state index in [-0.39, 0.29) is 0 Å². The van der Waals surface area contributed by atoms with Crippen molar-refractivity contribution in [2.24, 2.45) is 0 Å². The van der Waals surface area contributed by atoms with Gasteiger partial charge in [0.25, 0.3) is 0 Å². The maximum absolute atomic E-state index is 4.99. The summed E-state index contributed by atoms with van der Waals surface area (Å²) in [4.78, 5) is 8.87. The number of rotatable bonds is 2. The summed E-state index contributed by atoms with van der Waals surface area (Å²) in [7, 11) is 17.0. The second kappa shape index (κ2) is 10.6. The summed E-state index contributed by atoms with van der Waals surface area (Å²) in [5.74, 6) is 0. The Bertz CT molecular complexity index is 496. The Morgan fingerprint density at radius 2 is 1.64 bits per heavy atom. The van der Waals surface area contributed by atoms with Crippen molar-refractivity contribution in [1.82, 2.24) is 9.80 Å². The van der Waals surface area contributed by atoms with Gasteiger partial charge in [0.05, 0.1) is 0 Å². The summed E-state index contributed by atoms with van der Waals surface area (Å²) in [6, 6.07) is 9.94. The number of benzene rings is 1. The van der Waals surface area contributed by atoms with Crippen molar-refractivity contribution in [3.05, 3.63) is 47.8 Å². The fourth-order valence-electron chi connectivity index (χ4n) is 1.84. The van der Waals surface area contributed by atoms with Gasteiger partial charge in [0.1, 0.15) is 13.1 Å². The van der Waals surface area contributed by atoms with Gasteiger partial charge in [-0.1, -0.05) is 24.3 Å². The van der Waals surface area contributed by atoms with Gasteiger partial charge in [-0.3, -0.25) is 4.90 Å². The van der Waals surface area contributed by atoms with Gasteiger partial charge in [-0.25, -0.2) is 4.90 Å². The minimum absolute atomic E-state index is 0.959. The van der Waals surface area contributed by atoms with Crippen molar-refractivity contribution in [3.8, 4) is 6.19 Å². The van der Waals surface area contributed by atoms with E-state index in [2.05, 4.69) is 27.4 Å². The highest BCUT2D eigenvalue weighted by molar-refractivity contribution is 7.81. The Balaban J connectivity index is 0.000000422. The third kappa shape index (κ3) is 10.6. The van der Waals surface area contributed by atoms with Crippen molar-refractivity contribution in [2.45, 2.75) is 0 Å². The first-order chi connectivity index (χ1) is 10.4. The molecule has 2 rings (SSSR count). The van der Waals surface area contributed by atoms with Crippen LogP contribution < -0.4 is 0 Å². The molecule has 3 nitrogen and oxygen atoms in total. The highest BCUT2D eigenvalue weighted by Crippen LogP contribution is 2.23. The zero-order valence-corrected chi connectivity index (χ0v) is 16.3. The van der Waals surface area contributed by atoms with Crippen LogP contribution in [0.15, 0.2) is 43.0 Å². The van der Waals surface area contributed by atoms with E-state index in [0.29, 0.717) is 0 Å². The number of halogens is 4. The van der Waals surface area contributed by atoms with Crippen molar-refractivity contribution >= 4 is 55.3 Å². The molecule has 1 fully saturated rings. The van der Waals surface area contributed by atoms with Crippen LogP contribution in [0.2, 0.25) is 0 Å². The minimum Gasteiger partial charge on any atom is -0.391 e. The second-order valence-electron chi connectivity index (χ2n) is 4.62. The summed E-state index contributed by atoms with van der Waals surface area (Å²) in [6.07, 6.45) is 5.06. The molecule has 8 heteroatoms. The Morgan fingerprint density at radius 3 is 2.14 bits per heavy atom. The quantitative estimate of drug-likeness (QED) is 0.404. The van der Waals surface area contributed by atoms with Crippen molar-refractivity contribution in [3.63, 3.8) is 0 Å². The third-order valence-corrected chi connectivity index (χ3v) is 2.84. The summed E-state index contributed by atoms with van der Waals surface area (Å²) in [6.45, 7) is 8.83. The fourth-order valence-corrected chi connectivity index (χ4v) is 1.84. The molecule has 0 atom stereocenters. The number of para-hydroxylation sites is 1. The van der Waals surface area contributed by atoms with Gasteiger partial charge in [0, 0.05) is 31.8 Å². The zero-order chi connectivity index (χ0) is 16.4. The largest absolute Gasteiger partial charge is 0.564 e. The first-order valence-electron chi connectivity index (χ1n) is 6.85. The molecule has 0 amide bonds. The molecule has 0 spiro atoms. The van der Waals surface area contributed by atoms with E-state index >= 15 is 0 Å². The molecule has 0 aromatic heterocycles. The number of hydrogen-bond acceptors (Lipinski definition) is 2. The van der Waals surface area contributed by atoms with E-state index in [1.165, 1.54) is 0 Å². The maximum atomic E-state index is 4.99. The average Bonchev–Trinajstić information content (AvgIpc) is 2.46. The third-order valence-electron chi connectivity index (χ3n) is 2.84. The average molecular weight is 397 g/mol. The smallest absolute Gasteiger partial charge is 0.391 e. The van der Waals surface area contributed by atoms with Gasteiger partial charge in [-0.05, 0) is 0 Å². The van der Waals surface area contributed by atoms with Crippen LogP contribution in [0.25, 0.3) is 4.85 Å². The molecule has 1 aliphatic heterocycles. The Labute approximate surface area is 151 Å². The zero-order valence-electron chi connectivity index (χ0n) is 12.1. The number of hydrogen-bond donors (Lipinski definition) is 0. The van der Waals surface area contributed by atoms with E-state index in [4.69, 9.17) is 40.2 Å². The molecule has 0 N–H and O–H groups in total. The highest BCUT2D eigenvalue weighted by atomic mass is 35.9. The van der Waals surface area contributed by atoms with E-state index in [0.717, 1.165) is 38.4 Å². The molecule has 1 aromatic carbocycles. The van der Waals surface area contributed by atoms with Crippen LogP contribution >= 0.6 is 40.2 Å². The molecule has 0 radical (unpaired) electrons. The molecule has 0 unspecified atom stereocenters. The SMILES string of the molecule is C=CCN1CCN(C#[N+]c2ccccc2)CC1.[Cl][Al-]([Cl])([Cl])[Cl]. The van der Waals surface area contributed by atoms with Crippen LogP contribution in [0.4, 0.5) is 5.69 Å². The molecular formula is C14H18AlCl4N3. The molecule has 0 aliphatic carbocycles. The van der Waals surface area contributed by atoms with Crippen molar-refractivity contribution in [1.29, 1.82) is 0 Å². The predicted octanol–water partition coefficient (Wildman–Crippen LogP) is 4.79. The number of piperazine rings is 1. The topological polar surface area (TPSA) is 10.8 Å². The van der Waals surface area contributed by atoms with Gasteiger partial charge in [-0.2, -0.15) is 4.85 Å². The van der Waals surface area contributed by atoms with E-state index in [9.17, 15) is 0 Å². The second-order valence-corrected chi connectivity index (χ2v) is 17.5. The summed E-state index contributed by atoms with van der Waals surface area (Å²) < 4.78 is 0. The molecule has 120 valence electrons.